The van der Waals surface area contributed by atoms with Crippen LogP contribution in [0.4, 0.5) is 0 Å². The van der Waals surface area contributed by atoms with E-state index in [4.69, 9.17) is 27.9 Å². The molecule has 0 aromatic heterocycles. The average molecular weight is 274 g/mol. The van der Waals surface area contributed by atoms with Crippen molar-refractivity contribution in [2.75, 3.05) is 13.1 Å². The zero-order chi connectivity index (χ0) is 12.3. The molecule has 1 atom stereocenters. The number of rotatable bonds is 3. The number of nitrogens with one attached hydrogen (secondary N) is 1. The van der Waals surface area contributed by atoms with E-state index in [0.29, 0.717) is 16.7 Å². The molecule has 1 aromatic rings. The molecule has 1 aromatic carbocycles. The summed E-state index contributed by atoms with van der Waals surface area (Å²) in [7, 11) is 0. The molecule has 94 valence electrons. The molecular weight excluding hydrogens is 257 g/mol. The fourth-order valence-electron chi connectivity index (χ4n) is 2.04. The lowest BCUT2D eigenvalue weighted by atomic mass is 9.96. The molecule has 0 radical (unpaired) electrons. The largest absolute Gasteiger partial charge is 0.369 e. The zero-order valence-corrected chi connectivity index (χ0v) is 11.4. The average Bonchev–Trinajstić information content (AvgIpc) is 2.32. The van der Waals surface area contributed by atoms with Crippen LogP contribution in [-0.2, 0) is 11.3 Å². The van der Waals surface area contributed by atoms with Crippen LogP contribution in [0.25, 0.3) is 0 Å². The summed E-state index contributed by atoms with van der Waals surface area (Å²) in [6.07, 6.45) is 2.26. The molecule has 4 heteroatoms. The fourth-order valence-corrected chi connectivity index (χ4v) is 2.36. The van der Waals surface area contributed by atoms with Gasteiger partial charge in [0, 0.05) is 6.54 Å². The predicted molar refractivity (Wildman–Crippen MR) is 71.8 cm³/mol. The van der Waals surface area contributed by atoms with E-state index in [1.165, 1.54) is 0 Å². The van der Waals surface area contributed by atoms with Gasteiger partial charge < -0.3 is 10.1 Å². The molecular formula is C13H17Cl2NO. The van der Waals surface area contributed by atoms with E-state index < -0.39 is 0 Å². The lowest BCUT2D eigenvalue weighted by molar-refractivity contribution is -0.0571. The van der Waals surface area contributed by atoms with Gasteiger partial charge in [-0.2, -0.15) is 0 Å². The number of ether oxygens (including phenoxy) is 1. The third-order valence-electron chi connectivity index (χ3n) is 3.13. The number of halogens is 2. The van der Waals surface area contributed by atoms with Crippen LogP contribution in [0.3, 0.4) is 0 Å². The van der Waals surface area contributed by atoms with Crippen molar-refractivity contribution < 1.29 is 4.74 Å². The van der Waals surface area contributed by atoms with Crippen LogP contribution in [0.1, 0.15) is 25.3 Å². The molecule has 1 saturated heterocycles. The normalized spacial score (nSPS) is 24.9. The van der Waals surface area contributed by atoms with E-state index in [2.05, 4.69) is 12.2 Å². The first-order chi connectivity index (χ1) is 8.09. The Balaban J connectivity index is 1.94. The Bertz CT molecular complexity index is 389. The van der Waals surface area contributed by atoms with Crippen LogP contribution < -0.4 is 5.32 Å². The van der Waals surface area contributed by atoms with Gasteiger partial charge in [0.25, 0.3) is 0 Å². The Morgan fingerprint density at radius 3 is 2.82 bits per heavy atom. The second kappa shape index (κ2) is 5.57. The molecule has 1 heterocycles. The van der Waals surface area contributed by atoms with Crippen molar-refractivity contribution in [3.63, 3.8) is 0 Å². The van der Waals surface area contributed by atoms with E-state index >= 15 is 0 Å². The summed E-state index contributed by atoms with van der Waals surface area (Å²) in [5.74, 6) is 0. The van der Waals surface area contributed by atoms with Crippen molar-refractivity contribution in [3.05, 3.63) is 33.8 Å². The number of piperidine rings is 1. The van der Waals surface area contributed by atoms with Gasteiger partial charge in [0.2, 0.25) is 0 Å². The van der Waals surface area contributed by atoms with Gasteiger partial charge in [0.1, 0.15) is 0 Å². The van der Waals surface area contributed by atoms with Crippen molar-refractivity contribution in [1.29, 1.82) is 0 Å². The minimum absolute atomic E-state index is 0.0651. The third kappa shape index (κ3) is 3.59. The van der Waals surface area contributed by atoms with Crippen molar-refractivity contribution >= 4 is 23.2 Å². The quantitative estimate of drug-likeness (QED) is 0.908. The monoisotopic (exact) mass is 273 g/mol. The lowest BCUT2D eigenvalue weighted by Gasteiger charge is -2.34. The van der Waals surface area contributed by atoms with E-state index in [-0.39, 0.29) is 5.60 Å². The molecule has 1 aliphatic rings. The second-order valence-corrected chi connectivity index (χ2v) is 5.58. The molecule has 17 heavy (non-hydrogen) atoms. The van der Waals surface area contributed by atoms with Crippen LogP contribution in [0.15, 0.2) is 18.2 Å². The van der Waals surface area contributed by atoms with Crippen molar-refractivity contribution in [2.24, 2.45) is 0 Å². The maximum atomic E-state index is 5.99. The molecule has 1 unspecified atom stereocenters. The Morgan fingerprint density at radius 1 is 1.35 bits per heavy atom. The molecule has 0 bridgehead atoms. The minimum atomic E-state index is -0.0651. The smallest absolute Gasteiger partial charge is 0.0783 e. The number of benzene rings is 1. The maximum Gasteiger partial charge on any atom is 0.0783 e. The van der Waals surface area contributed by atoms with Crippen LogP contribution in [0, 0.1) is 0 Å². The third-order valence-corrected chi connectivity index (χ3v) is 3.87. The van der Waals surface area contributed by atoms with Crippen LogP contribution in [0.2, 0.25) is 10.0 Å². The summed E-state index contributed by atoms with van der Waals surface area (Å²) >= 11 is 11.8. The highest BCUT2D eigenvalue weighted by atomic mass is 35.5. The van der Waals surface area contributed by atoms with Gasteiger partial charge in [-0.25, -0.2) is 0 Å². The van der Waals surface area contributed by atoms with Gasteiger partial charge in [0.05, 0.1) is 22.3 Å². The van der Waals surface area contributed by atoms with Crippen molar-refractivity contribution in [3.8, 4) is 0 Å². The Labute approximate surface area is 112 Å². The summed E-state index contributed by atoms with van der Waals surface area (Å²) in [5.41, 5.74) is 0.996. The number of hydrogen-bond acceptors (Lipinski definition) is 2. The van der Waals surface area contributed by atoms with Gasteiger partial charge in [-0.1, -0.05) is 29.3 Å². The van der Waals surface area contributed by atoms with Crippen LogP contribution in [-0.4, -0.2) is 18.7 Å². The minimum Gasteiger partial charge on any atom is -0.369 e. The Morgan fingerprint density at radius 2 is 2.18 bits per heavy atom. The second-order valence-electron chi connectivity index (χ2n) is 4.77. The highest BCUT2D eigenvalue weighted by Gasteiger charge is 2.27. The first-order valence-electron chi connectivity index (χ1n) is 5.88. The predicted octanol–water partition coefficient (Wildman–Crippen LogP) is 3.65. The molecule has 1 fully saturated rings. The van der Waals surface area contributed by atoms with E-state index in [1.807, 2.05) is 18.2 Å². The van der Waals surface area contributed by atoms with Crippen LogP contribution >= 0.6 is 23.2 Å². The highest BCUT2D eigenvalue weighted by Crippen LogP contribution is 2.25. The molecule has 1 N–H and O–H groups in total. The van der Waals surface area contributed by atoms with Gasteiger partial charge >= 0.3 is 0 Å². The number of hydrogen-bond donors (Lipinski definition) is 1. The molecule has 0 spiro atoms. The molecule has 2 nitrogen and oxygen atoms in total. The molecule has 1 aliphatic heterocycles. The fraction of sp³-hybridized carbons (Fsp3) is 0.538. The van der Waals surface area contributed by atoms with E-state index in [0.717, 1.165) is 31.5 Å². The zero-order valence-electron chi connectivity index (χ0n) is 9.93. The SMILES string of the molecule is CC1(OCc2ccc(Cl)c(Cl)c2)CCCNC1. The molecule has 0 saturated carbocycles. The maximum absolute atomic E-state index is 5.99. The summed E-state index contributed by atoms with van der Waals surface area (Å²) in [4.78, 5) is 0. The first kappa shape index (κ1) is 13.2. The standard InChI is InChI=1S/C13H17Cl2NO/c1-13(5-2-6-16-9-13)17-8-10-3-4-11(14)12(15)7-10/h3-4,7,16H,2,5-6,8-9H2,1H3. The molecule has 0 aliphatic carbocycles. The van der Waals surface area contributed by atoms with Crippen LogP contribution in [0.5, 0.6) is 0 Å². The highest BCUT2D eigenvalue weighted by molar-refractivity contribution is 6.42. The summed E-state index contributed by atoms with van der Waals surface area (Å²) < 4.78 is 5.99. The summed E-state index contributed by atoms with van der Waals surface area (Å²) in [6.45, 7) is 4.73. The van der Waals surface area contributed by atoms with E-state index in [9.17, 15) is 0 Å². The van der Waals surface area contributed by atoms with Crippen molar-refractivity contribution in [1.82, 2.24) is 5.32 Å². The summed E-state index contributed by atoms with van der Waals surface area (Å²) in [6, 6.07) is 5.63. The Kier molecular flexibility index (Phi) is 4.31. The van der Waals surface area contributed by atoms with Gasteiger partial charge in [-0.05, 0) is 44.0 Å². The van der Waals surface area contributed by atoms with Gasteiger partial charge in [-0.3, -0.25) is 0 Å². The van der Waals surface area contributed by atoms with Gasteiger partial charge in [-0.15, -0.1) is 0 Å². The van der Waals surface area contributed by atoms with Gasteiger partial charge in [0.15, 0.2) is 0 Å². The van der Waals surface area contributed by atoms with E-state index in [1.54, 1.807) is 0 Å². The molecule has 0 amide bonds. The lowest BCUT2D eigenvalue weighted by Crippen LogP contribution is -2.45. The summed E-state index contributed by atoms with van der Waals surface area (Å²) in [5, 5.41) is 4.53. The Hall–Kier alpha value is -0.280. The first-order valence-corrected chi connectivity index (χ1v) is 6.63. The molecule has 2 rings (SSSR count). The van der Waals surface area contributed by atoms with Crippen molar-refractivity contribution in [2.45, 2.75) is 32.0 Å². The topological polar surface area (TPSA) is 21.3 Å².